The van der Waals surface area contributed by atoms with E-state index in [9.17, 15) is 14.4 Å². The number of carbonyl (C=O) groups is 3. The van der Waals surface area contributed by atoms with Crippen LogP contribution in [0.3, 0.4) is 0 Å². The predicted molar refractivity (Wildman–Crippen MR) is 113 cm³/mol. The van der Waals surface area contributed by atoms with Gasteiger partial charge < -0.3 is 32.5 Å². The van der Waals surface area contributed by atoms with Crippen molar-refractivity contribution in [2.24, 2.45) is 0 Å². The maximum atomic E-state index is 10.3. The molecule has 3 aromatic rings. The third-order valence-electron chi connectivity index (χ3n) is 3.57. The average molecular weight is 563 g/mol. The Bertz CT molecular complexity index is 911. The van der Waals surface area contributed by atoms with E-state index >= 15 is 0 Å². The minimum absolute atomic E-state index is 0. The van der Waals surface area contributed by atoms with Crippen LogP contribution in [0.15, 0.2) is 72.8 Å². The molecule has 0 spiro atoms. The van der Waals surface area contributed by atoms with Crippen LogP contribution in [0.25, 0.3) is 0 Å². The van der Waals surface area contributed by atoms with Crippen LogP contribution in [-0.2, 0) is 0 Å². The van der Waals surface area contributed by atoms with Gasteiger partial charge in [0.2, 0.25) is 0 Å². The fraction of sp³-hybridized carbons (Fsp3) is 0. The van der Waals surface area contributed by atoms with Crippen LogP contribution in [0.4, 0.5) is 17.1 Å². The summed E-state index contributed by atoms with van der Waals surface area (Å²) >= 11 is 0. The van der Waals surface area contributed by atoms with Crippen LogP contribution >= 0.6 is 0 Å². The first-order valence-electron chi connectivity index (χ1n) is 8.38. The normalized spacial score (nSPS) is 8.90. The van der Waals surface area contributed by atoms with Gasteiger partial charge in [-0.1, -0.05) is 36.4 Å². The Labute approximate surface area is 219 Å². The molecule has 3 aromatic carbocycles. The first-order valence-corrected chi connectivity index (χ1v) is 8.38. The number of carboxylic acids is 3. The molecule has 9 nitrogen and oxygen atoms in total. The summed E-state index contributed by atoms with van der Waals surface area (Å²) in [6.45, 7) is 0. The van der Waals surface area contributed by atoms with Gasteiger partial charge in [0, 0.05) is 66.4 Å². The van der Waals surface area contributed by atoms with Gasteiger partial charge in [0.05, 0.1) is 16.7 Å². The topological polar surface area (TPSA) is 190 Å². The van der Waals surface area contributed by atoms with Crippen LogP contribution in [0, 0.1) is 49.4 Å². The van der Waals surface area contributed by atoms with Crippen LogP contribution in [-0.4, -0.2) is 33.2 Å². The van der Waals surface area contributed by atoms with Crippen LogP contribution < -0.4 is 17.2 Å². The van der Waals surface area contributed by atoms with Crippen molar-refractivity contribution in [3.8, 4) is 0 Å². The van der Waals surface area contributed by atoms with Crippen molar-refractivity contribution < 1.29 is 79.1 Å². The van der Waals surface area contributed by atoms with E-state index in [2.05, 4.69) is 0 Å². The molecular formula is C21H21EuN3O6. The second-order valence-corrected chi connectivity index (χ2v) is 5.68. The zero-order valence-electron chi connectivity index (χ0n) is 16.1. The van der Waals surface area contributed by atoms with Crippen LogP contribution in [0.1, 0.15) is 31.1 Å². The van der Waals surface area contributed by atoms with Gasteiger partial charge in [0.15, 0.2) is 0 Å². The minimum atomic E-state index is -0.988. The molecule has 0 aromatic heterocycles. The summed E-state index contributed by atoms with van der Waals surface area (Å²) in [5.74, 6) is -2.96. The number of aromatic carboxylic acids is 3. The van der Waals surface area contributed by atoms with E-state index in [0.717, 1.165) is 0 Å². The van der Waals surface area contributed by atoms with Crippen LogP contribution in [0.2, 0.25) is 0 Å². The number of rotatable bonds is 3. The summed E-state index contributed by atoms with van der Waals surface area (Å²) in [7, 11) is 0. The Morgan fingerprint density at radius 2 is 0.677 bits per heavy atom. The minimum Gasteiger partial charge on any atom is -0.478 e. The zero-order chi connectivity index (χ0) is 22.7. The molecule has 0 amide bonds. The van der Waals surface area contributed by atoms with E-state index in [4.69, 9.17) is 32.5 Å². The second kappa shape index (κ2) is 14.1. The fourth-order valence-electron chi connectivity index (χ4n) is 2.08. The monoisotopic (exact) mass is 564 g/mol. The molecule has 0 aliphatic heterocycles. The molecule has 0 aliphatic carbocycles. The van der Waals surface area contributed by atoms with E-state index in [0.29, 0.717) is 17.1 Å². The summed E-state index contributed by atoms with van der Waals surface area (Å²) in [5.41, 5.74) is 17.4. The molecule has 0 bridgehead atoms. The van der Waals surface area contributed by atoms with Gasteiger partial charge in [0.25, 0.3) is 0 Å². The molecule has 0 fully saturated rings. The second-order valence-electron chi connectivity index (χ2n) is 5.68. The Hall–Kier alpha value is -2.95. The Kier molecular flexibility index (Phi) is 12.8. The summed E-state index contributed by atoms with van der Waals surface area (Å²) in [6.07, 6.45) is 0. The van der Waals surface area contributed by atoms with Gasteiger partial charge in [-0.15, -0.1) is 0 Å². The average Bonchev–Trinajstić information content (AvgIpc) is 2.69. The van der Waals surface area contributed by atoms with Gasteiger partial charge >= 0.3 is 17.9 Å². The number of hydrogen-bond acceptors (Lipinski definition) is 6. The van der Waals surface area contributed by atoms with Gasteiger partial charge in [-0.25, -0.2) is 14.4 Å². The van der Waals surface area contributed by atoms with Crippen molar-refractivity contribution in [3.63, 3.8) is 0 Å². The molecule has 0 unspecified atom stereocenters. The third-order valence-corrected chi connectivity index (χ3v) is 3.57. The number of para-hydroxylation sites is 3. The molecule has 31 heavy (non-hydrogen) atoms. The SMILES string of the molecule is Nc1ccccc1C(=O)O.Nc1ccccc1C(=O)O.Nc1ccccc1C(=O)O.[Eu]. The first kappa shape index (κ1) is 28.1. The quantitative estimate of drug-likeness (QED) is 0.260. The molecule has 0 aliphatic rings. The zero-order valence-corrected chi connectivity index (χ0v) is 18.5. The van der Waals surface area contributed by atoms with Crippen molar-refractivity contribution >= 4 is 35.0 Å². The van der Waals surface area contributed by atoms with E-state index in [1.54, 1.807) is 54.6 Å². The maximum Gasteiger partial charge on any atom is 0.337 e. The summed E-state index contributed by atoms with van der Waals surface area (Å²) < 4.78 is 0. The van der Waals surface area contributed by atoms with Crippen molar-refractivity contribution in [3.05, 3.63) is 89.5 Å². The molecule has 3 rings (SSSR count). The summed E-state index contributed by atoms with van der Waals surface area (Å²) in [4.78, 5) is 31.0. The Morgan fingerprint density at radius 1 is 0.484 bits per heavy atom. The molecule has 0 saturated carbocycles. The number of hydrogen-bond donors (Lipinski definition) is 6. The molecule has 1 radical (unpaired) electrons. The van der Waals surface area contributed by atoms with Gasteiger partial charge in [0.1, 0.15) is 0 Å². The first-order chi connectivity index (χ1) is 14.1. The van der Waals surface area contributed by atoms with E-state index in [1.807, 2.05) is 0 Å². The maximum absolute atomic E-state index is 10.3. The van der Waals surface area contributed by atoms with Crippen molar-refractivity contribution in [2.45, 2.75) is 0 Å². The van der Waals surface area contributed by atoms with Gasteiger partial charge in [-0.2, -0.15) is 0 Å². The Morgan fingerprint density at radius 3 is 0.806 bits per heavy atom. The molecule has 0 heterocycles. The fourth-order valence-corrected chi connectivity index (χ4v) is 2.08. The predicted octanol–water partition coefficient (Wildman–Crippen LogP) is 2.90. The number of anilines is 3. The Balaban J connectivity index is 0.000000429. The van der Waals surface area contributed by atoms with Crippen LogP contribution in [0.5, 0.6) is 0 Å². The number of nitrogens with two attached hydrogens (primary N) is 3. The third kappa shape index (κ3) is 9.60. The van der Waals surface area contributed by atoms with Crippen molar-refractivity contribution in [2.75, 3.05) is 17.2 Å². The molecule has 163 valence electrons. The van der Waals surface area contributed by atoms with Gasteiger partial charge in [-0.3, -0.25) is 0 Å². The van der Waals surface area contributed by atoms with E-state index < -0.39 is 17.9 Å². The van der Waals surface area contributed by atoms with Crippen molar-refractivity contribution in [1.82, 2.24) is 0 Å². The van der Waals surface area contributed by atoms with E-state index in [1.165, 1.54) is 18.2 Å². The molecule has 0 saturated heterocycles. The molecule has 9 N–H and O–H groups in total. The smallest absolute Gasteiger partial charge is 0.337 e. The summed E-state index contributed by atoms with van der Waals surface area (Å²) in [6, 6.07) is 19.1. The standard InChI is InChI=1S/3C7H7NO2.Eu/c3*8-6-4-2-1-3-5(6)7(9)10;/h3*1-4H,8H2,(H,9,10);. The molecular weight excluding hydrogens is 542 g/mol. The van der Waals surface area contributed by atoms with Crippen molar-refractivity contribution in [1.29, 1.82) is 0 Å². The number of nitrogen functional groups attached to an aromatic ring is 3. The van der Waals surface area contributed by atoms with Gasteiger partial charge in [-0.05, 0) is 36.4 Å². The van der Waals surface area contributed by atoms with E-state index in [-0.39, 0.29) is 66.1 Å². The number of carboxylic acid groups (broad SMARTS) is 3. The molecule has 10 heteroatoms. The molecule has 0 atom stereocenters. The summed E-state index contributed by atoms with van der Waals surface area (Å²) in [5, 5.41) is 25.5. The number of benzene rings is 3. The largest absolute Gasteiger partial charge is 0.478 e.